The zero-order valence-electron chi connectivity index (χ0n) is 16.8. The molecule has 1 unspecified atom stereocenters. The number of carbonyl (C=O) groups excluding carboxylic acids is 1. The summed E-state index contributed by atoms with van der Waals surface area (Å²) in [4.78, 5) is 18.3. The third-order valence-corrected chi connectivity index (χ3v) is 4.94. The van der Waals surface area contributed by atoms with Crippen LogP contribution in [0.3, 0.4) is 0 Å². The van der Waals surface area contributed by atoms with Gasteiger partial charge >= 0.3 is 0 Å². The molecule has 0 bridgehead atoms. The molecule has 0 spiro atoms. The molecule has 0 radical (unpaired) electrons. The van der Waals surface area contributed by atoms with Gasteiger partial charge < -0.3 is 10.0 Å². The van der Waals surface area contributed by atoms with Gasteiger partial charge in [0.05, 0.1) is 0 Å². The second-order valence-electron chi connectivity index (χ2n) is 6.96. The minimum atomic E-state index is -0.277. The van der Waals surface area contributed by atoms with Gasteiger partial charge in [0, 0.05) is 18.2 Å². The summed E-state index contributed by atoms with van der Waals surface area (Å²) >= 11 is 0. The third-order valence-electron chi connectivity index (χ3n) is 4.94. The number of unbranched alkanes of at least 4 members (excludes halogenated alkanes) is 1. The molecule has 0 aromatic heterocycles. The molecule has 1 aliphatic carbocycles. The number of Topliss-reactive ketones (excluding diaryl/α,β-unsaturated/α-hetero) is 1. The number of ketones is 1. The zero-order valence-corrected chi connectivity index (χ0v) is 16.8. The molecule has 0 aromatic carbocycles. The van der Waals surface area contributed by atoms with E-state index in [1.54, 1.807) is 6.08 Å². The van der Waals surface area contributed by atoms with Gasteiger partial charge in [-0.2, -0.15) is 0 Å². The Balaban J connectivity index is 2.19. The number of aliphatic hydroxyl groups is 1. The Bertz CT molecular complexity index is 532. The van der Waals surface area contributed by atoms with Crippen LogP contribution in [0.25, 0.3) is 0 Å². The molecule has 0 amide bonds. The first-order chi connectivity index (χ1) is 12.6. The molecule has 146 valence electrons. The highest BCUT2D eigenvalue weighted by Gasteiger charge is 2.10. The van der Waals surface area contributed by atoms with E-state index in [1.807, 2.05) is 6.92 Å². The standard InChI is InChI=1S/C22H36N2O2/c1-4-21(17-23-18-25)22(26)10-8-16-24(5-2)15-7-6-9-20-13-11-19(3)12-14-20/h4,11-13,17,20,25H,5-10,14-16,18H2,1-3H3/b21-4+,23-17-. The fourth-order valence-corrected chi connectivity index (χ4v) is 3.21. The van der Waals surface area contributed by atoms with Crippen LogP contribution in [0.2, 0.25) is 0 Å². The molecule has 0 fully saturated rings. The van der Waals surface area contributed by atoms with Gasteiger partial charge in [0.15, 0.2) is 5.78 Å². The van der Waals surface area contributed by atoms with E-state index < -0.39 is 0 Å². The molecule has 0 saturated heterocycles. The average molecular weight is 361 g/mol. The molecule has 0 aliphatic heterocycles. The number of hydrogen-bond acceptors (Lipinski definition) is 4. The van der Waals surface area contributed by atoms with Crippen LogP contribution in [-0.2, 0) is 4.79 Å². The number of hydrogen-bond donors (Lipinski definition) is 1. The molecule has 1 aliphatic rings. The topological polar surface area (TPSA) is 52.9 Å². The summed E-state index contributed by atoms with van der Waals surface area (Å²) in [7, 11) is 0. The van der Waals surface area contributed by atoms with Crippen molar-refractivity contribution in [3.05, 3.63) is 35.5 Å². The third kappa shape index (κ3) is 9.25. The molecular weight excluding hydrogens is 324 g/mol. The van der Waals surface area contributed by atoms with E-state index in [2.05, 4.69) is 42.0 Å². The lowest BCUT2D eigenvalue weighted by Crippen LogP contribution is -2.26. The fraction of sp³-hybridized carbons (Fsp3) is 0.636. The first-order valence-electron chi connectivity index (χ1n) is 9.98. The van der Waals surface area contributed by atoms with Crippen molar-refractivity contribution in [2.24, 2.45) is 10.9 Å². The highest BCUT2D eigenvalue weighted by Crippen LogP contribution is 2.21. The predicted molar refractivity (Wildman–Crippen MR) is 111 cm³/mol. The van der Waals surface area contributed by atoms with E-state index in [1.165, 1.54) is 37.5 Å². The van der Waals surface area contributed by atoms with Crippen molar-refractivity contribution in [3.63, 3.8) is 0 Å². The fourth-order valence-electron chi connectivity index (χ4n) is 3.21. The molecule has 1 N–H and O–H groups in total. The summed E-state index contributed by atoms with van der Waals surface area (Å²) in [6.07, 6.45) is 16.5. The second-order valence-corrected chi connectivity index (χ2v) is 6.96. The van der Waals surface area contributed by atoms with Crippen molar-refractivity contribution < 1.29 is 9.90 Å². The van der Waals surface area contributed by atoms with Gasteiger partial charge in [-0.3, -0.25) is 9.79 Å². The Morgan fingerprint density at radius 2 is 2.12 bits per heavy atom. The van der Waals surface area contributed by atoms with Crippen molar-refractivity contribution in [3.8, 4) is 0 Å². The van der Waals surface area contributed by atoms with Crippen LogP contribution in [0.1, 0.15) is 59.3 Å². The number of allylic oxidation sites excluding steroid dienone is 6. The maximum absolute atomic E-state index is 12.1. The van der Waals surface area contributed by atoms with Crippen LogP contribution in [-0.4, -0.2) is 48.4 Å². The van der Waals surface area contributed by atoms with Crippen molar-refractivity contribution in [1.29, 1.82) is 0 Å². The van der Waals surface area contributed by atoms with Crippen molar-refractivity contribution in [2.75, 3.05) is 26.4 Å². The van der Waals surface area contributed by atoms with E-state index in [-0.39, 0.29) is 12.5 Å². The van der Waals surface area contributed by atoms with Gasteiger partial charge in [-0.15, -0.1) is 0 Å². The van der Waals surface area contributed by atoms with Crippen LogP contribution in [0.4, 0.5) is 0 Å². The molecule has 1 atom stereocenters. The average Bonchev–Trinajstić information content (AvgIpc) is 2.65. The van der Waals surface area contributed by atoms with E-state index in [0.717, 1.165) is 26.1 Å². The van der Waals surface area contributed by atoms with Crippen LogP contribution < -0.4 is 0 Å². The van der Waals surface area contributed by atoms with Gasteiger partial charge in [-0.1, -0.05) is 43.2 Å². The zero-order chi connectivity index (χ0) is 19.2. The van der Waals surface area contributed by atoms with Crippen molar-refractivity contribution in [1.82, 2.24) is 4.90 Å². The van der Waals surface area contributed by atoms with Crippen molar-refractivity contribution in [2.45, 2.75) is 59.3 Å². The van der Waals surface area contributed by atoms with Gasteiger partial charge in [-0.05, 0) is 65.1 Å². The number of aliphatic hydroxyl groups excluding tert-OH is 1. The van der Waals surface area contributed by atoms with Crippen LogP contribution in [0, 0.1) is 5.92 Å². The summed E-state index contributed by atoms with van der Waals surface area (Å²) in [5, 5.41) is 8.72. The summed E-state index contributed by atoms with van der Waals surface area (Å²) in [6, 6.07) is 0. The lowest BCUT2D eigenvalue weighted by molar-refractivity contribution is -0.115. The molecular formula is C22H36N2O2. The molecule has 1 rings (SSSR count). The number of rotatable bonds is 13. The number of aliphatic imine (C=N–C) groups is 1. The highest BCUT2D eigenvalue weighted by molar-refractivity contribution is 6.13. The first kappa shape index (κ1) is 22.5. The maximum atomic E-state index is 12.1. The molecule has 4 nitrogen and oxygen atoms in total. The minimum absolute atomic E-state index is 0.105. The summed E-state index contributed by atoms with van der Waals surface area (Å²) in [6.45, 7) is 9.00. The van der Waals surface area contributed by atoms with E-state index >= 15 is 0 Å². The van der Waals surface area contributed by atoms with Crippen LogP contribution in [0.5, 0.6) is 0 Å². The van der Waals surface area contributed by atoms with Gasteiger partial charge in [0.1, 0.15) is 6.73 Å². The molecule has 4 heteroatoms. The summed E-state index contributed by atoms with van der Waals surface area (Å²) < 4.78 is 0. The molecule has 0 heterocycles. The lowest BCUT2D eigenvalue weighted by atomic mass is 9.92. The second kappa shape index (κ2) is 13.7. The van der Waals surface area contributed by atoms with Gasteiger partial charge in [0.25, 0.3) is 0 Å². The van der Waals surface area contributed by atoms with E-state index in [0.29, 0.717) is 17.9 Å². The van der Waals surface area contributed by atoms with Gasteiger partial charge in [0.2, 0.25) is 0 Å². The van der Waals surface area contributed by atoms with Gasteiger partial charge in [-0.25, -0.2) is 0 Å². The highest BCUT2D eigenvalue weighted by atomic mass is 16.3. The Labute approximate surface area is 159 Å². The van der Waals surface area contributed by atoms with Crippen LogP contribution in [0.15, 0.2) is 40.4 Å². The molecule has 0 aromatic rings. The molecule has 26 heavy (non-hydrogen) atoms. The monoisotopic (exact) mass is 360 g/mol. The Kier molecular flexibility index (Phi) is 11.8. The van der Waals surface area contributed by atoms with Crippen LogP contribution >= 0.6 is 0 Å². The first-order valence-corrected chi connectivity index (χ1v) is 9.98. The Morgan fingerprint density at radius 3 is 2.73 bits per heavy atom. The predicted octanol–water partition coefficient (Wildman–Crippen LogP) is 4.32. The summed E-state index contributed by atoms with van der Waals surface area (Å²) in [5.74, 6) is 0.819. The lowest BCUT2D eigenvalue weighted by Gasteiger charge is -2.21. The van der Waals surface area contributed by atoms with Crippen molar-refractivity contribution >= 4 is 12.0 Å². The minimum Gasteiger partial charge on any atom is -0.375 e. The Hall–Kier alpha value is -1.52. The van der Waals surface area contributed by atoms with E-state index in [4.69, 9.17) is 5.11 Å². The molecule has 0 saturated carbocycles. The SMILES string of the molecule is C/C=C(\C=N/CO)C(=O)CCCN(CC)CCCCC1C=CC(C)=CC1. The number of carbonyl (C=O) groups is 1. The number of nitrogens with zero attached hydrogens (tertiary/aromatic N) is 2. The maximum Gasteiger partial charge on any atom is 0.164 e. The largest absolute Gasteiger partial charge is 0.375 e. The summed E-state index contributed by atoms with van der Waals surface area (Å²) in [5.41, 5.74) is 1.98. The quantitative estimate of drug-likeness (QED) is 0.302. The Morgan fingerprint density at radius 1 is 1.35 bits per heavy atom. The smallest absolute Gasteiger partial charge is 0.164 e. The normalized spacial score (nSPS) is 18.0. The van der Waals surface area contributed by atoms with E-state index in [9.17, 15) is 4.79 Å².